The molecule has 2 aromatic rings. The van der Waals surface area contributed by atoms with Gasteiger partial charge in [-0.1, -0.05) is 42.0 Å². The Kier molecular flexibility index (Phi) is 7.11. The molecule has 0 aromatic heterocycles. The molecule has 0 spiro atoms. The lowest BCUT2D eigenvalue weighted by Gasteiger charge is -2.09. The first kappa shape index (κ1) is 20.2. The molecule has 1 N–H and O–H groups in total. The van der Waals surface area contributed by atoms with Crippen LogP contribution in [0.25, 0.3) is 0 Å². The maximum absolute atomic E-state index is 12.2. The quantitative estimate of drug-likeness (QED) is 0.571. The van der Waals surface area contributed by atoms with Gasteiger partial charge in [-0.25, -0.2) is 0 Å². The number of ether oxygens (including phenoxy) is 2. The van der Waals surface area contributed by atoms with E-state index < -0.39 is 5.97 Å². The number of hydrogen-bond acceptors (Lipinski definition) is 5. The van der Waals surface area contributed by atoms with E-state index in [0.717, 1.165) is 16.7 Å². The highest BCUT2D eigenvalue weighted by atomic mass is 16.5. The van der Waals surface area contributed by atoms with Crippen LogP contribution in [-0.2, 0) is 27.3 Å². The van der Waals surface area contributed by atoms with Gasteiger partial charge in [0, 0.05) is 24.6 Å². The molecule has 2 rings (SSSR count). The molecule has 6 nitrogen and oxygen atoms in total. The van der Waals surface area contributed by atoms with E-state index in [2.05, 4.69) is 5.32 Å². The molecule has 0 aliphatic rings. The number of aryl methyl sites for hydroxylation is 1. The zero-order valence-electron chi connectivity index (χ0n) is 15.7. The highest BCUT2D eigenvalue weighted by molar-refractivity contribution is 5.98. The number of hydrogen-bond donors (Lipinski definition) is 1. The van der Waals surface area contributed by atoms with Crippen LogP contribution in [0.5, 0.6) is 5.75 Å². The number of ketones is 1. The molecular weight excluding hydrogens is 346 g/mol. The molecule has 0 saturated heterocycles. The van der Waals surface area contributed by atoms with Crippen LogP contribution in [-0.4, -0.2) is 31.4 Å². The fourth-order valence-corrected chi connectivity index (χ4v) is 2.52. The predicted octanol–water partition coefficient (Wildman–Crippen LogP) is 2.61. The maximum atomic E-state index is 12.2. The van der Waals surface area contributed by atoms with E-state index in [9.17, 15) is 14.4 Å². The van der Waals surface area contributed by atoms with Crippen molar-refractivity contribution in [3.63, 3.8) is 0 Å². The van der Waals surface area contributed by atoms with Gasteiger partial charge < -0.3 is 14.8 Å². The molecule has 6 heteroatoms. The van der Waals surface area contributed by atoms with Crippen LogP contribution in [0.3, 0.4) is 0 Å². The van der Waals surface area contributed by atoms with Gasteiger partial charge in [0.25, 0.3) is 0 Å². The third kappa shape index (κ3) is 6.26. The van der Waals surface area contributed by atoms with E-state index in [1.54, 1.807) is 37.4 Å². The highest BCUT2D eigenvalue weighted by Crippen LogP contribution is 2.20. The van der Waals surface area contributed by atoms with Crippen molar-refractivity contribution in [3.05, 3.63) is 64.7 Å². The lowest BCUT2D eigenvalue weighted by atomic mass is 10.1. The second-order valence-electron chi connectivity index (χ2n) is 6.18. The zero-order chi connectivity index (χ0) is 19.8. The van der Waals surface area contributed by atoms with Gasteiger partial charge in [0.05, 0.1) is 13.5 Å². The summed E-state index contributed by atoms with van der Waals surface area (Å²) in [6.45, 7) is 3.45. The zero-order valence-corrected chi connectivity index (χ0v) is 15.7. The van der Waals surface area contributed by atoms with Crippen molar-refractivity contribution in [2.24, 2.45) is 0 Å². The minimum absolute atomic E-state index is 0.0355. The maximum Gasteiger partial charge on any atom is 0.310 e. The number of benzene rings is 2. The summed E-state index contributed by atoms with van der Waals surface area (Å²) < 4.78 is 10.4. The monoisotopic (exact) mass is 369 g/mol. The van der Waals surface area contributed by atoms with Crippen molar-refractivity contribution in [1.29, 1.82) is 0 Å². The molecule has 0 atom stereocenters. The van der Waals surface area contributed by atoms with Crippen LogP contribution >= 0.6 is 0 Å². The lowest BCUT2D eigenvalue weighted by Crippen LogP contribution is -2.19. The van der Waals surface area contributed by atoms with Crippen molar-refractivity contribution in [2.75, 3.05) is 13.7 Å². The van der Waals surface area contributed by atoms with Crippen molar-refractivity contribution in [2.45, 2.75) is 26.8 Å². The Labute approximate surface area is 158 Å². The molecule has 2 aromatic carbocycles. The van der Waals surface area contributed by atoms with Crippen LogP contribution in [0.15, 0.2) is 42.5 Å². The molecule has 142 valence electrons. The molecule has 0 unspecified atom stereocenters. The van der Waals surface area contributed by atoms with Gasteiger partial charge in [-0.15, -0.1) is 0 Å². The average Bonchev–Trinajstić information content (AvgIpc) is 2.65. The van der Waals surface area contributed by atoms with E-state index in [-0.39, 0.29) is 24.7 Å². The summed E-state index contributed by atoms with van der Waals surface area (Å²) in [5, 5.41) is 2.68. The van der Waals surface area contributed by atoms with Crippen LogP contribution < -0.4 is 10.1 Å². The number of Topliss-reactive ketones (excluding diaryl/α,β-unsaturated/α-hetero) is 1. The van der Waals surface area contributed by atoms with E-state index in [1.807, 2.05) is 19.1 Å². The SMILES string of the molecule is COc1ccc(C)cc1CC(=O)OCC(=O)c1ccc(CNC(C)=O)cc1. The van der Waals surface area contributed by atoms with Crippen molar-refractivity contribution in [1.82, 2.24) is 5.32 Å². The summed E-state index contributed by atoms with van der Waals surface area (Å²) in [7, 11) is 1.54. The van der Waals surface area contributed by atoms with Crippen LogP contribution in [0.2, 0.25) is 0 Å². The van der Waals surface area contributed by atoms with Gasteiger partial charge >= 0.3 is 5.97 Å². The summed E-state index contributed by atoms with van der Waals surface area (Å²) in [4.78, 5) is 35.2. The van der Waals surface area contributed by atoms with Crippen molar-refractivity contribution in [3.8, 4) is 5.75 Å². The van der Waals surface area contributed by atoms with E-state index >= 15 is 0 Å². The first-order valence-corrected chi connectivity index (χ1v) is 8.54. The Balaban J connectivity index is 1.88. The van der Waals surface area contributed by atoms with Crippen LogP contribution in [0.1, 0.15) is 34.0 Å². The van der Waals surface area contributed by atoms with E-state index in [4.69, 9.17) is 9.47 Å². The van der Waals surface area contributed by atoms with Crippen molar-refractivity contribution < 1.29 is 23.9 Å². The largest absolute Gasteiger partial charge is 0.496 e. The summed E-state index contributed by atoms with van der Waals surface area (Å²) in [6.07, 6.45) is 0.0355. The van der Waals surface area contributed by atoms with Gasteiger partial charge in [0.15, 0.2) is 12.4 Å². The molecule has 0 radical (unpaired) electrons. The molecule has 1 amide bonds. The second-order valence-corrected chi connectivity index (χ2v) is 6.18. The third-order valence-corrected chi connectivity index (χ3v) is 3.95. The highest BCUT2D eigenvalue weighted by Gasteiger charge is 2.13. The third-order valence-electron chi connectivity index (χ3n) is 3.95. The number of esters is 1. The minimum Gasteiger partial charge on any atom is -0.496 e. The minimum atomic E-state index is -0.491. The summed E-state index contributed by atoms with van der Waals surface area (Å²) >= 11 is 0. The number of nitrogens with one attached hydrogen (secondary N) is 1. The molecule has 0 aliphatic heterocycles. The normalized spacial score (nSPS) is 10.2. The van der Waals surface area contributed by atoms with Gasteiger partial charge in [0.1, 0.15) is 5.75 Å². The number of amides is 1. The Bertz CT molecular complexity index is 827. The molecular formula is C21H23NO5. The molecule has 0 bridgehead atoms. The van der Waals surface area contributed by atoms with Gasteiger partial charge in [-0.05, 0) is 18.6 Å². The van der Waals surface area contributed by atoms with Crippen molar-refractivity contribution >= 4 is 17.7 Å². The Morgan fingerprint density at radius 1 is 1.04 bits per heavy atom. The Morgan fingerprint density at radius 2 is 1.74 bits per heavy atom. The summed E-state index contributed by atoms with van der Waals surface area (Å²) in [6, 6.07) is 12.4. The standard InChI is InChI=1S/C21H23NO5/c1-14-4-9-20(26-3)18(10-14)11-21(25)27-13-19(24)17-7-5-16(6-8-17)12-22-15(2)23/h4-10H,11-13H2,1-3H3,(H,22,23). The van der Waals surface area contributed by atoms with Gasteiger partial charge in [-0.2, -0.15) is 0 Å². The Morgan fingerprint density at radius 3 is 2.37 bits per heavy atom. The van der Waals surface area contributed by atoms with Crippen LogP contribution in [0.4, 0.5) is 0 Å². The number of carbonyl (C=O) groups excluding carboxylic acids is 3. The Hall–Kier alpha value is -3.15. The number of carbonyl (C=O) groups is 3. The summed E-state index contributed by atoms with van der Waals surface area (Å²) in [5.74, 6) is -0.286. The smallest absolute Gasteiger partial charge is 0.310 e. The molecule has 0 heterocycles. The average molecular weight is 369 g/mol. The number of methoxy groups -OCH3 is 1. The second kappa shape index (κ2) is 9.52. The van der Waals surface area contributed by atoms with Crippen LogP contribution in [0, 0.1) is 6.92 Å². The van der Waals surface area contributed by atoms with Gasteiger partial charge in [0.2, 0.25) is 5.91 Å². The molecule has 27 heavy (non-hydrogen) atoms. The first-order valence-electron chi connectivity index (χ1n) is 8.54. The first-order chi connectivity index (χ1) is 12.9. The van der Waals surface area contributed by atoms with E-state index in [1.165, 1.54) is 6.92 Å². The predicted molar refractivity (Wildman–Crippen MR) is 101 cm³/mol. The topological polar surface area (TPSA) is 81.7 Å². The summed E-state index contributed by atoms with van der Waals surface area (Å²) in [5.41, 5.74) is 3.05. The number of rotatable bonds is 8. The molecule has 0 saturated carbocycles. The fourth-order valence-electron chi connectivity index (χ4n) is 2.52. The fraction of sp³-hybridized carbons (Fsp3) is 0.286. The van der Waals surface area contributed by atoms with E-state index in [0.29, 0.717) is 17.9 Å². The molecule has 0 fully saturated rings. The lowest BCUT2D eigenvalue weighted by molar-refractivity contribution is -0.141. The molecule has 0 aliphatic carbocycles. The van der Waals surface area contributed by atoms with Gasteiger partial charge in [-0.3, -0.25) is 14.4 Å².